The van der Waals surface area contributed by atoms with Crippen molar-refractivity contribution >= 4 is 22.3 Å². The molecule has 0 saturated carbocycles. The Morgan fingerprint density at radius 1 is 1.14 bits per heavy atom. The normalized spacial score (nSPS) is 11.0. The molecule has 3 rings (SSSR count). The molecule has 0 amide bonds. The molecule has 0 saturated heterocycles. The van der Waals surface area contributed by atoms with Gasteiger partial charge in [-0.3, -0.25) is 14.5 Å². The molecule has 0 bridgehead atoms. The van der Waals surface area contributed by atoms with Gasteiger partial charge in [0.25, 0.3) is 0 Å². The van der Waals surface area contributed by atoms with Crippen molar-refractivity contribution in [2.24, 2.45) is 0 Å². The quantitative estimate of drug-likeness (QED) is 0.739. The molecule has 22 heavy (non-hydrogen) atoms. The minimum absolute atomic E-state index is 0.0737. The highest BCUT2D eigenvalue weighted by Gasteiger charge is 2.13. The van der Waals surface area contributed by atoms with Crippen molar-refractivity contribution in [3.63, 3.8) is 0 Å². The van der Waals surface area contributed by atoms with Crippen molar-refractivity contribution in [3.05, 3.63) is 60.0 Å². The Labute approximate surface area is 133 Å². The predicted molar refractivity (Wildman–Crippen MR) is 83.6 cm³/mol. The summed E-state index contributed by atoms with van der Waals surface area (Å²) in [6, 6.07) is 7.14. The van der Waals surface area contributed by atoms with Gasteiger partial charge in [0.1, 0.15) is 17.0 Å². The van der Waals surface area contributed by atoms with E-state index >= 15 is 0 Å². The summed E-state index contributed by atoms with van der Waals surface area (Å²) in [6.07, 6.45) is 6.56. The number of thiol groups is 1. The third kappa shape index (κ3) is 3.00. The molecule has 0 aromatic carbocycles. The van der Waals surface area contributed by atoms with Gasteiger partial charge < -0.3 is 0 Å². The Kier molecular flexibility index (Phi) is 4.17. The molecule has 0 atom stereocenters. The zero-order valence-corrected chi connectivity index (χ0v) is 12.9. The fraction of sp³-hybridized carbons (Fsp3) is 0.0714. The van der Waals surface area contributed by atoms with Crippen LogP contribution in [0.15, 0.2) is 49.2 Å². The first kappa shape index (κ1) is 14.7. The molecule has 0 aliphatic carbocycles. The number of imidazole rings is 1. The molecule has 0 fully saturated rings. The van der Waals surface area contributed by atoms with Crippen LogP contribution in [-0.4, -0.2) is 27.9 Å². The Morgan fingerprint density at radius 2 is 2.00 bits per heavy atom. The molecule has 0 unspecified atom stereocenters. The molecule has 8 heteroatoms. The lowest BCUT2D eigenvalue weighted by atomic mass is 10.2. The second kappa shape index (κ2) is 6.25. The molecular weight excluding hydrogens is 324 g/mol. The van der Waals surface area contributed by atoms with Crippen LogP contribution in [0.2, 0.25) is 5.15 Å². The molecule has 0 aliphatic rings. The van der Waals surface area contributed by atoms with Gasteiger partial charge in [0.05, 0.1) is 29.0 Å². The number of hydrogen-bond donors (Lipinski definition) is 1. The minimum atomic E-state index is -2.49. The highest BCUT2D eigenvalue weighted by molar-refractivity contribution is 7.71. The van der Waals surface area contributed by atoms with Crippen LogP contribution in [0.3, 0.4) is 0 Å². The molecule has 3 heterocycles. The molecule has 3 aromatic rings. The van der Waals surface area contributed by atoms with Gasteiger partial charge >= 0.3 is 0 Å². The lowest BCUT2D eigenvalue weighted by Gasteiger charge is -2.08. The molecule has 0 aliphatic heterocycles. The molecule has 0 radical (unpaired) electrons. The van der Waals surface area contributed by atoms with E-state index in [4.69, 9.17) is 11.6 Å². The van der Waals surface area contributed by atoms with Crippen molar-refractivity contribution in [3.8, 4) is 16.9 Å². The monoisotopic (exact) mass is 334 g/mol. The first-order valence-corrected chi connectivity index (χ1v) is 8.09. The van der Waals surface area contributed by atoms with Crippen LogP contribution in [0.1, 0.15) is 5.69 Å². The van der Waals surface area contributed by atoms with E-state index in [1.54, 1.807) is 41.6 Å². The summed E-state index contributed by atoms with van der Waals surface area (Å²) in [4.78, 5) is 12.3. The Balaban J connectivity index is 2.03. The van der Waals surface area contributed by atoms with Gasteiger partial charge in [-0.25, -0.2) is 13.4 Å². The van der Waals surface area contributed by atoms with Crippen molar-refractivity contribution in [2.45, 2.75) is 5.75 Å². The fourth-order valence-electron chi connectivity index (χ4n) is 2.07. The Hall–Kier alpha value is -2.25. The van der Waals surface area contributed by atoms with E-state index in [2.05, 4.69) is 15.0 Å². The van der Waals surface area contributed by atoms with Crippen LogP contribution >= 0.6 is 11.6 Å². The van der Waals surface area contributed by atoms with E-state index in [0.29, 0.717) is 16.5 Å². The topological polar surface area (TPSA) is 77.7 Å². The minimum Gasteiger partial charge on any atom is -0.296 e. The van der Waals surface area contributed by atoms with Crippen molar-refractivity contribution in [1.29, 1.82) is 0 Å². The summed E-state index contributed by atoms with van der Waals surface area (Å²) in [7, 11) is -2.49. The zero-order chi connectivity index (χ0) is 15.5. The van der Waals surface area contributed by atoms with Crippen LogP contribution in [0.4, 0.5) is 0 Å². The zero-order valence-electron chi connectivity index (χ0n) is 11.3. The lowest BCUT2D eigenvalue weighted by Crippen LogP contribution is -1.98. The number of hydrogen-bond acceptors (Lipinski definition) is 5. The standard InChI is InChI=1S/C14H11ClN4O2S/c15-14-13(10-2-1-5-16-6-10)19(9-18-14)12-4-3-11(17-7-12)8-22(20)21/h1-7,9,22H,8H2. The van der Waals surface area contributed by atoms with Gasteiger partial charge in [-0.2, -0.15) is 0 Å². The van der Waals surface area contributed by atoms with E-state index in [0.717, 1.165) is 11.3 Å². The molecule has 0 N–H and O–H groups in total. The largest absolute Gasteiger partial charge is 0.296 e. The predicted octanol–water partition coefficient (Wildman–Crippen LogP) is 2.09. The number of nitrogens with zero attached hydrogens (tertiary/aromatic N) is 4. The third-order valence-electron chi connectivity index (χ3n) is 3.04. The van der Waals surface area contributed by atoms with Gasteiger partial charge in [0.15, 0.2) is 5.15 Å². The van der Waals surface area contributed by atoms with Crippen LogP contribution in [0.5, 0.6) is 0 Å². The fourth-order valence-corrected chi connectivity index (χ4v) is 2.76. The van der Waals surface area contributed by atoms with Gasteiger partial charge in [0, 0.05) is 18.0 Å². The van der Waals surface area contributed by atoms with E-state index < -0.39 is 10.7 Å². The van der Waals surface area contributed by atoms with Crippen molar-refractivity contribution in [1.82, 2.24) is 19.5 Å². The third-order valence-corrected chi connectivity index (χ3v) is 3.90. The molecular formula is C14H11ClN4O2S. The summed E-state index contributed by atoms with van der Waals surface area (Å²) in [5.74, 6) is -0.0737. The average Bonchev–Trinajstić information content (AvgIpc) is 2.90. The lowest BCUT2D eigenvalue weighted by molar-refractivity contribution is 0.613. The smallest absolute Gasteiger partial charge is 0.155 e. The summed E-state index contributed by atoms with van der Waals surface area (Å²) in [5.41, 5.74) is 2.77. The van der Waals surface area contributed by atoms with E-state index in [-0.39, 0.29) is 5.75 Å². The van der Waals surface area contributed by atoms with E-state index in [9.17, 15) is 8.42 Å². The van der Waals surface area contributed by atoms with E-state index in [1.165, 1.54) is 0 Å². The van der Waals surface area contributed by atoms with Crippen LogP contribution in [-0.2, 0) is 16.5 Å². The number of rotatable bonds is 4. The van der Waals surface area contributed by atoms with Crippen LogP contribution in [0, 0.1) is 0 Å². The maximum atomic E-state index is 10.7. The van der Waals surface area contributed by atoms with Gasteiger partial charge in [0.2, 0.25) is 0 Å². The van der Waals surface area contributed by atoms with Gasteiger partial charge in [-0.1, -0.05) is 11.6 Å². The number of halogens is 1. The average molecular weight is 335 g/mol. The molecule has 3 aromatic heterocycles. The first-order chi connectivity index (χ1) is 10.6. The van der Waals surface area contributed by atoms with Gasteiger partial charge in [-0.15, -0.1) is 0 Å². The molecule has 0 spiro atoms. The van der Waals surface area contributed by atoms with Crippen LogP contribution < -0.4 is 0 Å². The Bertz CT molecular complexity index is 852. The van der Waals surface area contributed by atoms with E-state index in [1.807, 2.05) is 12.1 Å². The summed E-state index contributed by atoms with van der Waals surface area (Å²) in [5, 5.41) is 0.361. The summed E-state index contributed by atoms with van der Waals surface area (Å²) in [6.45, 7) is 0. The van der Waals surface area contributed by atoms with Crippen molar-refractivity contribution in [2.75, 3.05) is 0 Å². The second-order valence-electron chi connectivity index (χ2n) is 4.49. The maximum absolute atomic E-state index is 10.7. The van der Waals surface area contributed by atoms with Crippen molar-refractivity contribution < 1.29 is 8.42 Å². The second-order valence-corrected chi connectivity index (χ2v) is 5.83. The summed E-state index contributed by atoms with van der Waals surface area (Å²) < 4.78 is 23.2. The van der Waals surface area contributed by atoms with Crippen LogP contribution in [0.25, 0.3) is 16.9 Å². The SMILES string of the molecule is O=[SH](=O)Cc1ccc(-n2cnc(Cl)c2-c2cccnc2)cn1. The summed E-state index contributed by atoms with van der Waals surface area (Å²) >= 11 is 6.17. The number of pyridine rings is 2. The molecule has 112 valence electrons. The highest BCUT2D eigenvalue weighted by atomic mass is 35.5. The maximum Gasteiger partial charge on any atom is 0.155 e. The van der Waals surface area contributed by atoms with Gasteiger partial charge in [-0.05, 0) is 24.3 Å². The Morgan fingerprint density at radius 3 is 2.64 bits per heavy atom. The number of aromatic nitrogens is 4. The highest BCUT2D eigenvalue weighted by Crippen LogP contribution is 2.28. The molecule has 6 nitrogen and oxygen atoms in total. The first-order valence-electron chi connectivity index (χ1n) is 6.35.